The Hall–Kier alpha value is -3.22. The minimum Gasteiger partial charge on any atom is -0.479 e. The number of aryl methyl sites for hydroxylation is 1. The molecule has 3 aromatic rings. The largest absolute Gasteiger partial charge is 0.479 e. The van der Waals surface area contributed by atoms with E-state index in [0.717, 1.165) is 6.42 Å². The third-order valence-electron chi connectivity index (χ3n) is 4.60. The van der Waals surface area contributed by atoms with Gasteiger partial charge in [-0.15, -0.1) is 0 Å². The van der Waals surface area contributed by atoms with E-state index in [-0.39, 0.29) is 6.04 Å². The number of nitrogens with one attached hydrogen (secondary N) is 1. The van der Waals surface area contributed by atoms with Crippen molar-refractivity contribution in [2.45, 2.75) is 39.3 Å². The summed E-state index contributed by atoms with van der Waals surface area (Å²) in [4.78, 5) is 29.1. The Balaban J connectivity index is 2.00. The van der Waals surface area contributed by atoms with Gasteiger partial charge in [0.15, 0.2) is 11.7 Å². The number of nitrogens with zero attached hydrogens (tertiary/aromatic N) is 3. The third-order valence-corrected chi connectivity index (χ3v) is 4.60. The summed E-state index contributed by atoms with van der Waals surface area (Å²) in [5.41, 5.74) is 2.18. The topological polar surface area (TPSA) is 97.1 Å². The fourth-order valence-corrected chi connectivity index (χ4v) is 2.97. The number of carboxylic acids is 1. The van der Waals surface area contributed by atoms with Gasteiger partial charge in [0, 0.05) is 5.69 Å². The van der Waals surface area contributed by atoms with Crippen molar-refractivity contribution in [1.82, 2.24) is 20.1 Å². The summed E-state index contributed by atoms with van der Waals surface area (Å²) in [6, 6.07) is 9.29. The smallest absolute Gasteiger partial charge is 0.330 e. The number of hydrogen-bond donors (Lipinski definition) is 2. The fraction of sp³-hybridized carbons (Fsp3) is 0.300. The highest BCUT2D eigenvalue weighted by Crippen LogP contribution is 2.23. The summed E-state index contributed by atoms with van der Waals surface area (Å²) in [7, 11) is 0. The standard InChI is InChI=1S/C20H22N4O3/c1-4-13(3)24-18-16(11-21-24)15(10-12(2)22-18)19(25)23-17(20(26)27)14-8-6-5-7-9-14/h5-11,13,17H,4H2,1-3H3,(H,23,25)(H,26,27). The van der Waals surface area contributed by atoms with Crippen LogP contribution in [0.4, 0.5) is 0 Å². The van der Waals surface area contributed by atoms with Gasteiger partial charge in [0.1, 0.15) is 0 Å². The number of fused-ring (bicyclic) bond motifs is 1. The predicted octanol–water partition coefficient (Wildman–Crippen LogP) is 3.27. The Labute approximate surface area is 157 Å². The number of rotatable bonds is 6. The summed E-state index contributed by atoms with van der Waals surface area (Å²) in [6.07, 6.45) is 2.49. The molecule has 0 aliphatic rings. The molecule has 0 radical (unpaired) electrons. The molecule has 0 spiro atoms. The number of benzene rings is 1. The van der Waals surface area contributed by atoms with Crippen LogP contribution in [-0.4, -0.2) is 31.7 Å². The van der Waals surface area contributed by atoms with Gasteiger partial charge in [0.2, 0.25) is 0 Å². The van der Waals surface area contributed by atoms with Crippen LogP contribution in [0.15, 0.2) is 42.6 Å². The molecule has 2 N–H and O–H groups in total. The number of aromatic nitrogens is 3. The second kappa shape index (κ2) is 7.57. The van der Waals surface area contributed by atoms with Gasteiger partial charge in [0.25, 0.3) is 5.91 Å². The number of pyridine rings is 1. The molecule has 7 nitrogen and oxygen atoms in total. The highest BCUT2D eigenvalue weighted by molar-refractivity contribution is 6.06. The lowest BCUT2D eigenvalue weighted by atomic mass is 10.1. The lowest BCUT2D eigenvalue weighted by Crippen LogP contribution is -2.33. The molecule has 0 bridgehead atoms. The highest BCUT2D eigenvalue weighted by Gasteiger charge is 2.24. The molecule has 0 aliphatic carbocycles. The van der Waals surface area contributed by atoms with Crippen LogP contribution in [0.25, 0.3) is 11.0 Å². The molecule has 140 valence electrons. The van der Waals surface area contributed by atoms with Gasteiger partial charge in [-0.2, -0.15) is 5.10 Å². The van der Waals surface area contributed by atoms with Gasteiger partial charge in [-0.25, -0.2) is 14.5 Å². The van der Waals surface area contributed by atoms with Gasteiger partial charge in [-0.05, 0) is 31.9 Å². The molecule has 3 rings (SSSR count). The molecule has 1 amide bonds. The molecule has 2 aromatic heterocycles. The summed E-state index contributed by atoms with van der Waals surface area (Å²) in [6.45, 7) is 5.89. The average Bonchev–Trinajstić information content (AvgIpc) is 3.08. The van der Waals surface area contributed by atoms with E-state index in [1.165, 1.54) is 0 Å². The molecule has 0 fully saturated rings. The molecular formula is C20H22N4O3. The number of carbonyl (C=O) groups excluding carboxylic acids is 1. The van der Waals surface area contributed by atoms with Crippen molar-refractivity contribution in [3.63, 3.8) is 0 Å². The van der Waals surface area contributed by atoms with Crippen molar-refractivity contribution in [1.29, 1.82) is 0 Å². The molecule has 2 atom stereocenters. The number of carbonyl (C=O) groups is 2. The van der Waals surface area contributed by atoms with Gasteiger partial charge in [0.05, 0.1) is 23.2 Å². The zero-order valence-electron chi connectivity index (χ0n) is 15.5. The Morgan fingerprint density at radius 2 is 1.96 bits per heavy atom. The lowest BCUT2D eigenvalue weighted by molar-refractivity contribution is -0.139. The molecule has 1 aromatic carbocycles. The van der Waals surface area contributed by atoms with Crippen LogP contribution in [0.5, 0.6) is 0 Å². The van der Waals surface area contributed by atoms with E-state index in [9.17, 15) is 14.7 Å². The molecule has 0 saturated carbocycles. The maximum Gasteiger partial charge on any atom is 0.330 e. The van der Waals surface area contributed by atoms with Crippen LogP contribution in [-0.2, 0) is 4.79 Å². The van der Waals surface area contributed by atoms with Crippen LogP contribution < -0.4 is 5.32 Å². The first kappa shape index (κ1) is 18.6. The van der Waals surface area contributed by atoms with Crippen molar-refractivity contribution >= 4 is 22.9 Å². The van der Waals surface area contributed by atoms with Gasteiger partial charge in [-0.1, -0.05) is 37.3 Å². The molecule has 2 unspecified atom stereocenters. The average molecular weight is 366 g/mol. The summed E-state index contributed by atoms with van der Waals surface area (Å²) < 4.78 is 1.80. The molecule has 7 heteroatoms. The fourth-order valence-electron chi connectivity index (χ4n) is 2.97. The SMILES string of the molecule is CCC(C)n1ncc2c(C(=O)NC(C(=O)O)c3ccccc3)cc(C)nc21. The van der Waals surface area contributed by atoms with Crippen LogP contribution in [0.3, 0.4) is 0 Å². The summed E-state index contributed by atoms with van der Waals surface area (Å²) >= 11 is 0. The van der Waals surface area contributed by atoms with Crippen molar-refractivity contribution < 1.29 is 14.7 Å². The first-order valence-corrected chi connectivity index (χ1v) is 8.85. The molecular weight excluding hydrogens is 344 g/mol. The monoisotopic (exact) mass is 366 g/mol. The first-order valence-electron chi connectivity index (χ1n) is 8.85. The number of carboxylic acid groups (broad SMARTS) is 1. The van der Waals surface area contributed by atoms with Gasteiger partial charge < -0.3 is 10.4 Å². The number of aliphatic carboxylic acids is 1. The summed E-state index contributed by atoms with van der Waals surface area (Å²) in [5, 5.41) is 17.2. The van der Waals surface area contributed by atoms with Crippen molar-refractivity contribution in [2.75, 3.05) is 0 Å². The van der Waals surface area contributed by atoms with Crippen molar-refractivity contribution in [3.8, 4) is 0 Å². The maximum absolute atomic E-state index is 12.9. The van der Waals surface area contributed by atoms with Crippen LogP contribution in [0.2, 0.25) is 0 Å². The second-order valence-corrected chi connectivity index (χ2v) is 6.55. The van der Waals surface area contributed by atoms with E-state index < -0.39 is 17.9 Å². The number of amides is 1. The van der Waals surface area contributed by atoms with E-state index in [0.29, 0.717) is 27.9 Å². The minimum atomic E-state index is -1.13. The van der Waals surface area contributed by atoms with Crippen molar-refractivity contribution in [3.05, 3.63) is 59.4 Å². The first-order chi connectivity index (χ1) is 12.9. The van der Waals surface area contributed by atoms with E-state index in [1.54, 1.807) is 54.2 Å². The Bertz CT molecular complexity index is 982. The lowest BCUT2D eigenvalue weighted by Gasteiger charge is -2.16. The van der Waals surface area contributed by atoms with E-state index in [1.807, 2.05) is 6.92 Å². The van der Waals surface area contributed by atoms with Gasteiger partial charge in [-0.3, -0.25) is 4.79 Å². The van der Waals surface area contributed by atoms with E-state index >= 15 is 0 Å². The zero-order valence-corrected chi connectivity index (χ0v) is 15.5. The predicted molar refractivity (Wildman–Crippen MR) is 102 cm³/mol. The molecule has 2 heterocycles. The Morgan fingerprint density at radius 1 is 1.26 bits per heavy atom. The molecule has 27 heavy (non-hydrogen) atoms. The molecule has 0 aliphatic heterocycles. The minimum absolute atomic E-state index is 0.142. The zero-order chi connectivity index (χ0) is 19.6. The van der Waals surface area contributed by atoms with Crippen LogP contribution in [0.1, 0.15) is 54.0 Å². The quantitative estimate of drug-likeness (QED) is 0.698. The van der Waals surface area contributed by atoms with Crippen LogP contribution >= 0.6 is 0 Å². The van der Waals surface area contributed by atoms with E-state index in [4.69, 9.17) is 0 Å². The van der Waals surface area contributed by atoms with Gasteiger partial charge >= 0.3 is 5.97 Å². The van der Waals surface area contributed by atoms with Crippen LogP contribution in [0, 0.1) is 6.92 Å². The summed E-state index contributed by atoms with van der Waals surface area (Å²) in [5.74, 6) is -1.59. The van der Waals surface area contributed by atoms with E-state index in [2.05, 4.69) is 22.3 Å². The third kappa shape index (κ3) is 3.67. The Morgan fingerprint density at radius 3 is 2.59 bits per heavy atom. The number of hydrogen-bond acceptors (Lipinski definition) is 4. The second-order valence-electron chi connectivity index (χ2n) is 6.55. The normalized spacial score (nSPS) is 13.3. The van der Waals surface area contributed by atoms with Crippen molar-refractivity contribution in [2.24, 2.45) is 0 Å². The Kier molecular flexibility index (Phi) is 5.21. The highest BCUT2D eigenvalue weighted by atomic mass is 16.4. The maximum atomic E-state index is 12.9. The molecule has 0 saturated heterocycles.